The van der Waals surface area contributed by atoms with Gasteiger partial charge >= 0.3 is 0 Å². The summed E-state index contributed by atoms with van der Waals surface area (Å²) in [6.45, 7) is 8.45. The van der Waals surface area contributed by atoms with Gasteiger partial charge in [-0.15, -0.1) is 8.58 Å². The van der Waals surface area contributed by atoms with E-state index < -0.39 is 0 Å². The highest BCUT2D eigenvalue weighted by Crippen LogP contribution is 2.03. The first kappa shape index (κ1) is 10.4. The number of hydrogen-bond donors (Lipinski definition) is 0. The standard InChI is InChI=1S/C4H11P.C2H6/c1-3-5-4-2;1-2/h5H,3-4H2,1-2H3;1-2H3. The van der Waals surface area contributed by atoms with Gasteiger partial charge in [-0.25, -0.2) is 0 Å². The van der Waals surface area contributed by atoms with Crippen LogP contribution in [-0.4, -0.2) is 12.3 Å². The van der Waals surface area contributed by atoms with Gasteiger partial charge < -0.3 is 0 Å². The summed E-state index contributed by atoms with van der Waals surface area (Å²) in [6.07, 6.45) is 2.74. The first-order chi connectivity index (χ1) is 3.41. The van der Waals surface area contributed by atoms with E-state index >= 15 is 0 Å². The van der Waals surface area contributed by atoms with Crippen molar-refractivity contribution in [3.05, 3.63) is 0 Å². The SMILES string of the molecule is CC.CCPCC. The molecule has 0 radical (unpaired) electrons. The smallest absolute Gasteiger partial charge is 0.0382 e. The lowest BCUT2D eigenvalue weighted by Crippen LogP contribution is -1.59. The van der Waals surface area contributed by atoms with Crippen molar-refractivity contribution in [3.8, 4) is 0 Å². The van der Waals surface area contributed by atoms with Crippen molar-refractivity contribution < 1.29 is 0 Å². The molecule has 0 aliphatic heterocycles. The van der Waals surface area contributed by atoms with Crippen LogP contribution in [0.4, 0.5) is 0 Å². The Balaban J connectivity index is 0. The monoisotopic (exact) mass is 120 g/mol. The quantitative estimate of drug-likeness (QED) is 0.491. The van der Waals surface area contributed by atoms with E-state index in [0.717, 1.165) is 0 Å². The van der Waals surface area contributed by atoms with Gasteiger partial charge in [0, 0.05) is 0 Å². The summed E-state index contributed by atoms with van der Waals surface area (Å²) < 4.78 is 0. The molecule has 46 valence electrons. The van der Waals surface area contributed by atoms with E-state index in [-0.39, 0.29) is 0 Å². The van der Waals surface area contributed by atoms with Crippen LogP contribution in [0.15, 0.2) is 0 Å². The van der Waals surface area contributed by atoms with E-state index in [2.05, 4.69) is 13.8 Å². The molecule has 0 rings (SSSR count). The molecule has 0 aromatic rings. The van der Waals surface area contributed by atoms with Crippen molar-refractivity contribution >= 4 is 8.58 Å². The summed E-state index contributed by atoms with van der Waals surface area (Å²) in [5.74, 6) is 0. The second-order valence-electron chi connectivity index (χ2n) is 0.957. The van der Waals surface area contributed by atoms with E-state index in [1.54, 1.807) is 0 Å². The van der Waals surface area contributed by atoms with Gasteiger partial charge in [-0.05, 0) is 12.3 Å². The maximum atomic E-state index is 2.22. The van der Waals surface area contributed by atoms with Crippen molar-refractivity contribution in [2.45, 2.75) is 27.7 Å². The van der Waals surface area contributed by atoms with Gasteiger partial charge in [0.25, 0.3) is 0 Å². The Morgan fingerprint density at radius 2 is 1.29 bits per heavy atom. The van der Waals surface area contributed by atoms with E-state index in [1.165, 1.54) is 20.9 Å². The Hall–Kier alpha value is 0.430. The molecule has 0 nitrogen and oxygen atoms in total. The molecule has 0 aliphatic carbocycles. The maximum absolute atomic E-state index is 2.22. The molecule has 0 atom stereocenters. The van der Waals surface area contributed by atoms with Crippen LogP contribution in [0.3, 0.4) is 0 Å². The van der Waals surface area contributed by atoms with E-state index in [4.69, 9.17) is 0 Å². The predicted octanol–water partition coefficient (Wildman–Crippen LogP) is 2.73. The average molecular weight is 120 g/mol. The van der Waals surface area contributed by atoms with E-state index in [0.29, 0.717) is 0 Å². The first-order valence-corrected chi connectivity index (χ1v) is 4.54. The summed E-state index contributed by atoms with van der Waals surface area (Å²) in [6, 6.07) is 0. The third kappa shape index (κ3) is 21.4. The molecule has 0 amide bonds. The summed E-state index contributed by atoms with van der Waals surface area (Å²) in [7, 11) is 1.20. The second-order valence-corrected chi connectivity index (χ2v) is 2.87. The zero-order valence-electron chi connectivity index (χ0n) is 5.91. The summed E-state index contributed by atoms with van der Waals surface area (Å²) >= 11 is 0. The molecule has 0 fully saturated rings. The summed E-state index contributed by atoms with van der Waals surface area (Å²) in [5.41, 5.74) is 0. The van der Waals surface area contributed by atoms with Crippen molar-refractivity contribution in [2.75, 3.05) is 12.3 Å². The molecule has 1 heteroatoms. The highest BCUT2D eigenvalue weighted by atomic mass is 31.1. The van der Waals surface area contributed by atoms with E-state index in [9.17, 15) is 0 Å². The Morgan fingerprint density at radius 3 is 1.29 bits per heavy atom. The molecule has 0 aromatic heterocycles. The van der Waals surface area contributed by atoms with Gasteiger partial charge in [0.2, 0.25) is 0 Å². The Bertz CT molecular complexity index is 11.7. The maximum Gasteiger partial charge on any atom is -0.0382 e. The third-order valence-corrected chi connectivity index (χ3v) is 1.50. The van der Waals surface area contributed by atoms with E-state index in [1.807, 2.05) is 13.8 Å². The van der Waals surface area contributed by atoms with Gasteiger partial charge in [0.1, 0.15) is 0 Å². The number of hydrogen-bond acceptors (Lipinski definition) is 0. The second kappa shape index (κ2) is 16.1. The minimum atomic E-state index is 1.20. The minimum absolute atomic E-state index is 1.20. The minimum Gasteiger partial charge on any atom is -0.123 e. The average Bonchev–Trinajstić information content (AvgIpc) is 1.75. The van der Waals surface area contributed by atoms with Gasteiger partial charge in [-0.2, -0.15) is 0 Å². The highest BCUT2D eigenvalue weighted by Gasteiger charge is 1.66. The van der Waals surface area contributed by atoms with Gasteiger partial charge in [-0.3, -0.25) is 0 Å². The van der Waals surface area contributed by atoms with Gasteiger partial charge in [-0.1, -0.05) is 27.7 Å². The van der Waals surface area contributed by atoms with Gasteiger partial charge in [0.05, 0.1) is 0 Å². The largest absolute Gasteiger partial charge is 0.123 e. The fraction of sp³-hybridized carbons (Fsp3) is 1.00. The van der Waals surface area contributed by atoms with Crippen LogP contribution >= 0.6 is 8.58 Å². The van der Waals surface area contributed by atoms with Crippen molar-refractivity contribution in [1.29, 1.82) is 0 Å². The normalized spacial score (nSPS) is 6.86. The molecule has 0 bridgehead atoms. The molecule has 0 saturated carbocycles. The molecule has 0 heterocycles. The molecule has 0 unspecified atom stereocenters. The van der Waals surface area contributed by atoms with Crippen LogP contribution in [0, 0.1) is 0 Å². The van der Waals surface area contributed by atoms with Crippen LogP contribution in [-0.2, 0) is 0 Å². The van der Waals surface area contributed by atoms with Crippen molar-refractivity contribution in [3.63, 3.8) is 0 Å². The summed E-state index contributed by atoms with van der Waals surface area (Å²) in [4.78, 5) is 0. The Labute approximate surface area is 49.5 Å². The summed E-state index contributed by atoms with van der Waals surface area (Å²) in [5, 5.41) is 0. The fourth-order valence-electron chi connectivity index (χ4n) is 0.250. The zero-order valence-corrected chi connectivity index (χ0v) is 6.91. The van der Waals surface area contributed by atoms with Crippen LogP contribution in [0.1, 0.15) is 27.7 Å². The molecule has 0 spiro atoms. The third-order valence-electron chi connectivity index (χ3n) is 0.500. The lowest BCUT2D eigenvalue weighted by Gasteiger charge is -1.80. The number of rotatable bonds is 2. The van der Waals surface area contributed by atoms with Crippen LogP contribution < -0.4 is 0 Å². The fourth-order valence-corrected chi connectivity index (χ4v) is 0.750. The molecule has 0 aromatic carbocycles. The molecule has 0 aliphatic rings. The van der Waals surface area contributed by atoms with Crippen LogP contribution in [0.25, 0.3) is 0 Å². The highest BCUT2D eigenvalue weighted by molar-refractivity contribution is 7.37. The first-order valence-electron chi connectivity index (χ1n) is 3.12. The predicted molar refractivity (Wildman–Crippen MR) is 40.7 cm³/mol. The van der Waals surface area contributed by atoms with Crippen LogP contribution in [0.5, 0.6) is 0 Å². The lowest BCUT2D eigenvalue weighted by atomic mass is 11.0. The topological polar surface area (TPSA) is 0 Å². The zero-order chi connectivity index (χ0) is 6.12. The van der Waals surface area contributed by atoms with Gasteiger partial charge in [0.15, 0.2) is 0 Å². The molecular formula is C6H17P. The molecular weight excluding hydrogens is 103 g/mol. The Kier molecular flexibility index (Phi) is 24.0. The van der Waals surface area contributed by atoms with Crippen LogP contribution in [0.2, 0.25) is 0 Å². The molecule has 7 heavy (non-hydrogen) atoms. The Morgan fingerprint density at radius 1 is 1.00 bits per heavy atom. The lowest BCUT2D eigenvalue weighted by molar-refractivity contribution is 1.44. The molecule has 0 N–H and O–H groups in total. The van der Waals surface area contributed by atoms with Crippen molar-refractivity contribution in [1.82, 2.24) is 0 Å². The van der Waals surface area contributed by atoms with Crippen molar-refractivity contribution in [2.24, 2.45) is 0 Å². The molecule has 0 saturated heterocycles.